The van der Waals surface area contributed by atoms with E-state index in [4.69, 9.17) is 0 Å². The molecule has 0 bridgehead atoms. The van der Waals surface area contributed by atoms with Crippen LogP contribution in [0.3, 0.4) is 0 Å². The zero-order valence-electron chi connectivity index (χ0n) is 6.49. The minimum Gasteiger partial charge on any atom is -0.289 e. The zero-order chi connectivity index (χ0) is 9.14. The molecule has 1 aromatic heterocycles. The maximum absolute atomic E-state index is 12.5. The molecule has 4 heteroatoms. The van der Waals surface area contributed by atoms with Crippen molar-refractivity contribution in [2.45, 2.75) is 18.0 Å². The molecule has 0 N–H and O–H groups in total. The summed E-state index contributed by atoms with van der Waals surface area (Å²) >= 11 is 3.98. The minimum atomic E-state index is -1.52. The van der Waals surface area contributed by atoms with Crippen LogP contribution in [0.15, 0.2) is 23.2 Å². The Morgan fingerprint density at radius 2 is 2.42 bits per heavy atom. The van der Waals surface area contributed by atoms with Gasteiger partial charge in [0.2, 0.25) is 5.78 Å². The summed E-state index contributed by atoms with van der Waals surface area (Å²) in [5.74, 6) is -0.624. The van der Waals surface area contributed by atoms with Crippen molar-refractivity contribution >= 4 is 18.4 Å². The van der Waals surface area contributed by atoms with Gasteiger partial charge >= 0.3 is 0 Å². The molecule has 1 aromatic rings. The molecular weight excluding hydrogens is 177 g/mol. The average molecular weight is 185 g/mol. The average Bonchev–Trinajstić information content (AvgIpc) is 2.04. The van der Waals surface area contributed by atoms with Crippen LogP contribution >= 0.6 is 12.6 Å². The fourth-order valence-electron chi connectivity index (χ4n) is 0.775. The quantitative estimate of drug-likeness (QED) is 0.563. The second-order valence-electron chi connectivity index (χ2n) is 2.35. The maximum Gasteiger partial charge on any atom is 0.215 e. The van der Waals surface area contributed by atoms with Crippen LogP contribution in [0.25, 0.3) is 0 Å². The fourth-order valence-corrected chi connectivity index (χ4v) is 1.03. The van der Waals surface area contributed by atoms with E-state index in [0.717, 1.165) is 0 Å². The molecule has 12 heavy (non-hydrogen) atoms. The second-order valence-corrected chi connectivity index (χ2v) is 2.83. The van der Waals surface area contributed by atoms with Crippen molar-refractivity contribution < 1.29 is 9.18 Å². The molecule has 0 saturated carbocycles. The van der Waals surface area contributed by atoms with Gasteiger partial charge in [-0.3, -0.25) is 9.78 Å². The van der Waals surface area contributed by atoms with Gasteiger partial charge in [0.05, 0.1) is 0 Å². The number of ketones is 1. The van der Waals surface area contributed by atoms with Crippen LogP contribution in [-0.2, 0) is 0 Å². The first-order chi connectivity index (χ1) is 5.63. The number of pyridine rings is 1. The highest BCUT2D eigenvalue weighted by atomic mass is 32.1. The molecule has 0 aliphatic rings. The van der Waals surface area contributed by atoms with Gasteiger partial charge in [-0.15, -0.1) is 12.6 Å². The molecule has 64 valence electrons. The Labute approximate surface area is 75.2 Å². The van der Waals surface area contributed by atoms with Crippen molar-refractivity contribution in [3.63, 3.8) is 0 Å². The van der Waals surface area contributed by atoms with Gasteiger partial charge in [0.25, 0.3) is 0 Å². The zero-order valence-corrected chi connectivity index (χ0v) is 7.38. The van der Waals surface area contributed by atoms with Crippen molar-refractivity contribution in [3.05, 3.63) is 24.0 Å². The maximum atomic E-state index is 12.5. The first-order valence-corrected chi connectivity index (χ1v) is 3.90. The lowest BCUT2D eigenvalue weighted by Crippen LogP contribution is -2.13. The van der Waals surface area contributed by atoms with Crippen LogP contribution in [0.1, 0.15) is 17.4 Å². The van der Waals surface area contributed by atoms with E-state index in [1.165, 1.54) is 13.1 Å². The fraction of sp³-hybridized carbons (Fsp3) is 0.250. The molecule has 0 amide bonds. The van der Waals surface area contributed by atoms with Gasteiger partial charge in [0, 0.05) is 11.1 Å². The van der Waals surface area contributed by atoms with Crippen LogP contribution in [-0.4, -0.2) is 16.9 Å². The number of halogens is 1. The SMILES string of the molecule is CC(F)C(=O)c1ncccc1S. The Kier molecular flexibility index (Phi) is 2.81. The smallest absolute Gasteiger partial charge is 0.215 e. The van der Waals surface area contributed by atoms with Gasteiger partial charge in [0.15, 0.2) is 6.17 Å². The Morgan fingerprint density at radius 3 is 2.92 bits per heavy atom. The molecule has 0 aliphatic carbocycles. The molecule has 0 spiro atoms. The lowest BCUT2D eigenvalue weighted by Gasteiger charge is -2.02. The van der Waals surface area contributed by atoms with E-state index in [9.17, 15) is 9.18 Å². The van der Waals surface area contributed by atoms with E-state index in [1.807, 2.05) is 0 Å². The van der Waals surface area contributed by atoms with Gasteiger partial charge in [0.1, 0.15) is 5.69 Å². The number of alkyl halides is 1. The molecule has 0 aromatic carbocycles. The van der Waals surface area contributed by atoms with Crippen molar-refractivity contribution in [2.75, 3.05) is 0 Å². The van der Waals surface area contributed by atoms with E-state index < -0.39 is 12.0 Å². The topological polar surface area (TPSA) is 30.0 Å². The van der Waals surface area contributed by atoms with Crippen molar-refractivity contribution in [3.8, 4) is 0 Å². The number of Topliss-reactive ketones (excluding diaryl/α,β-unsaturated/α-hetero) is 1. The molecule has 1 atom stereocenters. The van der Waals surface area contributed by atoms with Crippen molar-refractivity contribution in [1.29, 1.82) is 0 Å². The van der Waals surface area contributed by atoms with Crippen LogP contribution in [0, 0.1) is 0 Å². The van der Waals surface area contributed by atoms with Gasteiger partial charge in [-0.05, 0) is 19.1 Å². The van der Waals surface area contributed by atoms with E-state index >= 15 is 0 Å². The van der Waals surface area contributed by atoms with E-state index in [2.05, 4.69) is 17.6 Å². The Balaban J connectivity index is 3.03. The van der Waals surface area contributed by atoms with Gasteiger partial charge < -0.3 is 0 Å². The number of nitrogens with zero attached hydrogens (tertiary/aromatic N) is 1. The molecule has 0 radical (unpaired) electrons. The third-order valence-electron chi connectivity index (χ3n) is 1.38. The predicted octanol–water partition coefficient (Wildman–Crippen LogP) is 1.91. The first kappa shape index (κ1) is 9.19. The number of rotatable bonds is 2. The summed E-state index contributed by atoms with van der Waals surface area (Å²) in [7, 11) is 0. The molecule has 1 heterocycles. The van der Waals surface area contributed by atoms with E-state index in [-0.39, 0.29) is 5.69 Å². The summed E-state index contributed by atoms with van der Waals surface area (Å²) in [5.41, 5.74) is 0.0934. The monoisotopic (exact) mass is 185 g/mol. The third-order valence-corrected chi connectivity index (χ3v) is 1.74. The molecule has 2 nitrogen and oxygen atoms in total. The molecule has 1 unspecified atom stereocenters. The van der Waals surface area contributed by atoms with Gasteiger partial charge in [-0.25, -0.2) is 4.39 Å². The highest BCUT2D eigenvalue weighted by Gasteiger charge is 2.16. The van der Waals surface area contributed by atoms with Gasteiger partial charge in [-0.1, -0.05) is 0 Å². The number of carbonyl (C=O) groups is 1. The van der Waals surface area contributed by atoms with Crippen LogP contribution < -0.4 is 0 Å². The number of carbonyl (C=O) groups excluding carboxylic acids is 1. The summed E-state index contributed by atoms with van der Waals surface area (Å²) in [4.78, 5) is 15.2. The summed E-state index contributed by atoms with van der Waals surface area (Å²) in [6, 6.07) is 3.24. The summed E-state index contributed by atoms with van der Waals surface area (Å²) < 4.78 is 12.5. The highest BCUT2D eigenvalue weighted by molar-refractivity contribution is 7.80. The molecule has 0 saturated heterocycles. The first-order valence-electron chi connectivity index (χ1n) is 3.45. The number of aromatic nitrogens is 1. The number of hydrogen-bond acceptors (Lipinski definition) is 3. The standard InChI is InChI=1S/C8H8FNOS/c1-5(9)8(11)7-6(12)3-2-4-10-7/h2-5,12H,1H3. The Hall–Kier alpha value is -0.900. The van der Waals surface area contributed by atoms with Crippen LogP contribution in [0.2, 0.25) is 0 Å². The van der Waals surface area contributed by atoms with Gasteiger partial charge in [-0.2, -0.15) is 0 Å². The highest BCUT2D eigenvalue weighted by Crippen LogP contribution is 2.12. The van der Waals surface area contributed by atoms with Crippen LogP contribution in [0.4, 0.5) is 4.39 Å². The number of hydrogen-bond donors (Lipinski definition) is 1. The van der Waals surface area contributed by atoms with E-state index in [1.54, 1.807) is 12.1 Å². The molecule has 0 fully saturated rings. The normalized spacial score (nSPS) is 12.6. The summed E-state index contributed by atoms with van der Waals surface area (Å²) in [6.07, 6.45) is -0.0826. The molecule has 0 aliphatic heterocycles. The lowest BCUT2D eigenvalue weighted by atomic mass is 10.2. The largest absolute Gasteiger partial charge is 0.289 e. The van der Waals surface area contributed by atoms with Crippen LogP contribution in [0.5, 0.6) is 0 Å². The number of thiol groups is 1. The van der Waals surface area contributed by atoms with Crippen molar-refractivity contribution in [2.24, 2.45) is 0 Å². The molecular formula is C8H8FNOS. The van der Waals surface area contributed by atoms with Crippen molar-refractivity contribution in [1.82, 2.24) is 4.98 Å². The Bertz CT molecular complexity index is 301. The Morgan fingerprint density at radius 1 is 1.75 bits per heavy atom. The van der Waals surface area contributed by atoms with E-state index in [0.29, 0.717) is 4.90 Å². The minimum absolute atomic E-state index is 0.0934. The molecule has 1 rings (SSSR count). The summed E-state index contributed by atoms with van der Waals surface area (Å²) in [6.45, 7) is 1.18. The third kappa shape index (κ3) is 1.82. The second kappa shape index (κ2) is 3.67. The lowest BCUT2D eigenvalue weighted by molar-refractivity contribution is 0.0884. The summed E-state index contributed by atoms with van der Waals surface area (Å²) in [5, 5.41) is 0. The predicted molar refractivity (Wildman–Crippen MR) is 46.4 cm³/mol.